The van der Waals surface area contributed by atoms with E-state index in [1.54, 1.807) is 4.90 Å². The van der Waals surface area contributed by atoms with Gasteiger partial charge in [0.1, 0.15) is 11.9 Å². The van der Waals surface area contributed by atoms with E-state index in [1.807, 2.05) is 25.1 Å². The number of piperidine rings is 1. The molecule has 2 atom stereocenters. The maximum Gasteiger partial charge on any atom is 0.223 e. The molecule has 0 spiro atoms. The van der Waals surface area contributed by atoms with E-state index < -0.39 is 0 Å². The highest BCUT2D eigenvalue weighted by atomic mass is 35.5. The molecule has 0 radical (unpaired) electrons. The molecule has 1 fully saturated rings. The SMILES string of the molecule is CC1CN(CCC(=O)N2CCCC(C(N)=O)C2)Cc2cc(Cl)ccc2O1. The first kappa shape index (κ1) is 19.0. The Bertz CT molecular complexity index is 682. The molecule has 2 aliphatic heterocycles. The Labute approximate surface area is 159 Å². The molecule has 0 bridgehead atoms. The second-order valence-electron chi connectivity index (χ2n) is 7.25. The molecule has 142 valence electrons. The number of fused-ring (bicyclic) bond motifs is 1. The molecule has 2 unspecified atom stereocenters. The Morgan fingerprint density at radius 1 is 1.35 bits per heavy atom. The number of nitrogens with zero attached hydrogens (tertiary/aromatic N) is 2. The zero-order valence-corrected chi connectivity index (χ0v) is 15.9. The Morgan fingerprint density at radius 2 is 2.15 bits per heavy atom. The molecule has 1 saturated heterocycles. The number of hydrogen-bond donors (Lipinski definition) is 1. The van der Waals surface area contributed by atoms with Gasteiger partial charge in [-0.3, -0.25) is 14.5 Å². The zero-order chi connectivity index (χ0) is 18.7. The lowest BCUT2D eigenvalue weighted by atomic mass is 9.97. The van der Waals surface area contributed by atoms with Gasteiger partial charge >= 0.3 is 0 Å². The highest BCUT2D eigenvalue weighted by Gasteiger charge is 2.27. The van der Waals surface area contributed by atoms with Gasteiger partial charge in [-0.2, -0.15) is 0 Å². The molecule has 3 rings (SSSR count). The summed E-state index contributed by atoms with van der Waals surface area (Å²) in [5.74, 6) is 0.416. The van der Waals surface area contributed by atoms with Crippen LogP contribution in [0.15, 0.2) is 18.2 Å². The van der Waals surface area contributed by atoms with E-state index in [9.17, 15) is 9.59 Å². The minimum Gasteiger partial charge on any atom is -0.489 e. The van der Waals surface area contributed by atoms with Crippen LogP contribution in [0.4, 0.5) is 0 Å². The van der Waals surface area contributed by atoms with Crippen molar-refractivity contribution in [3.05, 3.63) is 28.8 Å². The van der Waals surface area contributed by atoms with Gasteiger partial charge in [0.15, 0.2) is 0 Å². The van der Waals surface area contributed by atoms with Crippen molar-refractivity contribution in [2.75, 3.05) is 26.2 Å². The average Bonchev–Trinajstić information content (AvgIpc) is 2.77. The fourth-order valence-corrected chi connectivity index (χ4v) is 3.92. The van der Waals surface area contributed by atoms with Gasteiger partial charge in [0.2, 0.25) is 11.8 Å². The molecule has 26 heavy (non-hydrogen) atoms. The van der Waals surface area contributed by atoms with Crippen molar-refractivity contribution < 1.29 is 14.3 Å². The summed E-state index contributed by atoms with van der Waals surface area (Å²) < 4.78 is 5.96. The molecule has 0 aromatic heterocycles. The zero-order valence-electron chi connectivity index (χ0n) is 15.1. The largest absolute Gasteiger partial charge is 0.489 e. The van der Waals surface area contributed by atoms with Crippen molar-refractivity contribution in [1.82, 2.24) is 9.80 Å². The number of rotatable bonds is 4. The predicted molar refractivity (Wildman–Crippen MR) is 99.9 cm³/mol. The fraction of sp³-hybridized carbons (Fsp3) is 0.579. The minimum atomic E-state index is -0.311. The summed E-state index contributed by atoms with van der Waals surface area (Å²) in [6, 6.07) is 5.66. The normalized spacial score (nSPS) is 23.7. The first-order valence-electron chi connectivity index (χ1n) is 9.17. The Hall–Kier alpha value is -1.79. The van der Waals surface area contributed by atoms with Crippen LogP contribution in [-0.2, 0) is 16.1 Å². The van der Waals surface area contributed by atoms with Gasteiger partial charge in [-0.1, -0.05) is 11.6 Å². The molecular formula is C19H26ClN3O3. The summed E-state index contributed by atoms with van der Waals surface area (Å²) in [5.41, 5.74) is 6.44. The minimum absolute atomic E-state index is 0.0433. The summed E-state index contributed by atoms with van der Waals surface area (Å²) in [6.07, 6.45) is 2.08. The lowest BCUT2D eigenvalue weighted by molar-refractivity contribution is -0.135. The van der Waals surface area contributed by atoms with Crippen LogP contribution in [-0.4, -0.2) is 53.9 Å². The highest BCUT2D eigenvalue weighted by Crippen LogP contribution is 2.28. The van der Waals surface area contributed by atoms with Gasteiger partial charge in [0.05, 0.1) is 5.92 Å². The number of amides is 2. The summed E-state index contributed by atoms with van der Waals surface area (Å²) in [5, 5.41) is 0.684. The lowest BCUT2D eigenvalue weighted by Crippen LogP contribution is -2.45. The van der Waals surface area contributed by atoms with Gasteiger partial charge in [0, 0.05) is 49.7 Å². The number of nitrogens with two attached hydrogens (primary N) is 1. The van der Waals surface area contributed by atoms with E-state index in [-0.39, 0.29) is 23.8 Å². The molecule has 1 aromatic carbocycles. The van der Waals surface area contributed by atoms with Crippen LogP contribution in [0.5, 0.6) is 5.75 Å². The molecule has 1 aromatic rings. The number of carbonyl (C=O) groups excluding carboxylic acids is 2. The van der Waals surface area contributed by atoms with Gasteiger partial charge < -0.3 is 15.4 Å². The molecule has 0 aliphatic carbocycles. The van der Waals surface area contributed by atoms with E-state index in [1.165, 1.54) is 0 Å². The number of carbonyl (C=O) groups is 2. The van der Waals surface area contributed by atoms with Crippen LogP contribution in [0, 0.1) is 5.92 Å². The number of primary amides is 1. The third-order valence-corrected chi connectivity index (χ3v) is 5.31. The van der Waals surface area contributed by atoms with E-state index in [0.29, 0.717) is 37.6 Å². The third kappa shape index (κ3) is 4.68. The van der Waals surface area contributed by atoms with E-state index in [4.69, 9.17) is 22.1 Å². The summed E-state index contributed by atoms with van der Waals surface area (Å²) in [6.45, 7) is 5.30. The van der Waals surface area contributed by atoms with Crippen molar-refractivity contribution in [1.29, 1.82) is 0 Å². The molecule has 2 aliphatic rings. The van der Waals surface area contributed by atoms with Crippen LogP contribution in [0.2, 0.25) is 5.02 Å². The first-order chi connectivity index (χ1) is 12.4. The Morgan fingerprint density at radius 3 is 2.92 bits per heavy atom. The summed E-state index contributed by atoms with van der Waals surface area (Å²) in [4.78, 5) is 28.0. The fourth-order valence-electron chi connectivity index (χ4n) is 3.73. The standard InChI is InChI=1S/C19H26ClN3O3/c1-13-10-22(11-15-9-16(20)4-5-17(15)26-13)8-6-18(24)23-7-2-3-14(12-23)19(21)25/h4-5,9,13-14H,2-3,6-8,10-12H2,1H3,(H2,21,25). The van der Waals surface area contributed by atoms with Crippen molar-refractivity contribution in [3.8, 4) is 5.75 Å². The van der Waals surface area contributed by atoms with Crippen LogP contribution >= 0.6 is 11.6 Å². The smallest absolute Gasteiger partial charge is 0.223 e. The molecular weight excluding hydrogens is 354 g/mol. The first-order valence-corrected chi connectivity index (χ1v) is 9.54. The monoisotopic (exact) mass is 379 g/mol. The number of likely N-dealkylation sites (tertiary alicyclic amines) is 1. The maximum atomic E-state index is 12.6. The lowest BCUT2D eigenvalue weighted by Gasteiger charge is -2.32. The van der Waals surface area contributed by atoms with Gasteiger partial charge in [-0.25, -0.2) is 0 Å². The number of ether oxygens (including phenoxy) is 1. The molecule has 2 heterocycles. The van der Waals surface area contributed by atoms with Crippen LogP contribution in [0.3, 0.4) is 0 Å². The quantitative estimate of drug-likeness (QED) is 0.868. The predicted octanol–water partition coefficient (Wildman–Crippen LogP) is 2.04. The molecule has 0 saturated carbocycles. The Balaban J connectivity index is 1.58. The molecule has 2 N–H and O–H groups in total. The summed E-state index contributed by atoms with van der Waals surface area (Å²) in [7, 11) is 0. The van der Waals surface area contributed by atoms with Gasteiger partial charge in [-0.05, 0) is 38.0 Å². The number of benzene rings is 1. The second-order valence-corrected chi connectivity index (χ2v) is 7.68. The van der Waals surface area contributed by atoms with E-state index >= 15 is 0 Å². The third-order valence-electron chi connectivity index (χ3n) is 5.08. The Kier molecular flexibility index (Phi) is 6.04. The van der Waals surface area contributed by atoms with Gasteiger partial charge in [-0.15, -0.1) is 0 Å². The molecule has 2 amide bonds. The van der Waals surface area contributed by atoms with Crippen LogP contribution in [0.25, 0.3) is 0 Å². The summed E-state index contributed by atoms with van der Waals surface area (Å²) >= 11 is 6.11. The van der Waals surface area contributed by atoms with Crippen molar-refractivity contribution in [3.63, 3.8) is 0 Å². The topological polar surface area (TPSA) is 75.9 Å². The maximum absolute atomic E-state index is 12.6. The van der Waals surface area contributed by atoms with E-state index in [2.05, 4.69) is 4.90 Å². The average molecular weight is 380 g/mol. The van der Waals surface area contributed by atoms with Crippen molar-refractivity contribution in [2.45, 2.75) is 38.8 Å². The number of halogens is 1. The molecule has 7 heteroatoms. The van der Waals surface area contributed by atoms with Gasteiger partial charge in [0.25, 0.3) is 0 Å². The van der Waals surface area contributed by atoms with E-state index in [0.717, 1.165) is 30.7 Å². The van der Waals surface area contributed by atoms with Crippen molar-refractivity contribution >= 4 is 23.4 Å². The van der Waals surface area contributed by atoms with Crippen LogP contribution < -0.4 is 10.5 Å². The second kappa shape index (κ2) is 8.27. The highest BCUT2D eigenvalue weighted by molar-refractivity contribution is 6.30. The number of hydrogen-bond acceptors (Lipinski definition) is 4. The van der Waals surface area contributed by atoms with Crippen molar-refractivity contribution in [2.24, 2.45) is 11.7 Å². The van der Waals surface area contributed by atoms with Crippen LogP contribution in [0.1, 0.15) is 31.7 Å². The molecule has 6 nitrogen and oxygen atoms in total.